The Morgan fingerprint density at radius 2 is 1.62 bits per heavy atom. The minimum Gasteiger partial charge on any atom is -0.466 e. The summed E-state index contributed by atoms with van der Waals surface area (Å²) in [6.07, 6.45) is 2.69. The molecule has 0 aliphatic carbocycles. The van der Waals surface area contributed by atoms with Gasteiger partial charge in [-0.3, -0.25) is 9.59 Å². The van der Waals surface area contributed by atoms with Gasteiger partial charge < -0.3 is 19.9 Å². The van der Waals surface area contributed by atoms with Crippen molar-refractivity contribution in [1.82, 2.24) is 14.9 Å². The van der Waals surface area contributed by atoms with E-state index >= 15 is 0 Å². The van der Waals surface area contributed by atoms with Gasteiger partial charge in [-0.05, 0) is 55.0 Å². The highest BCUT2D eigenvalue weighted by Gasteiger charge is 2.30. The molecule has 8 nitrogen and oxygen atoms in total. The van der Waals surface area contributed by atoms with E-state index in [9.17, 15) is 9.59 Å². The predicted molar refractivity (Wildman–Crippen MR) is 165 cm³/mol. The van der Waals surface area contributed by atoms with Crippen molar-refractivity contribution in [3.8, 4) is 11.1 Å². The van der Waals surface area contributed by atoms with Crippen LogP contribution in [0.1, 0.15) is 31.7 Å². The summed E-state index contributed by atoms with van der Waals surface area (Å²) in [6.45, 7) is 5.05. The summed E-state index contributed by atoms with van der Waals surface area (Å²) in [7, 11) is 0. The molecule has 2 fully saturated rings. The third-order valence-corrected chi connectivity index (χ3v) is 8.32. The van der Waals surface area contributed by atoms with Crippen LogP contribution in [0.25, 0.3) is 22.0 Å². The number of rotatable bonds is 8. The van der Waals surface area contributed by atoms with Crippen molar-refractivity contribution in [3.05, 3.63) is 84.4 Å². The second kappa shape index (κ2) is 12.6. The lowest BCUT2D eigenvalue weighted by Gasteiger charge is -2.32. The molecular formula is C34H37N5O3. The first-order valence-electron chi connectivity index (χ1n) is 14.9. The number of anilines is 2. The molecule has 2 aliphatic heterocycles. The fourth-order valence-corrected chi connectivity index (χ4v) is 6.09. The maximum Gasteiger partial charge on any atom is 0.309 e. The van der Waals surface area contributed by atoms with E-state index in [1.54, 1.807) is 0 Å². The molecule has 1 amide bonds. The monoisotopic (exact) mass is 563 g/mol. The Balaban J connectivity index is 1.13. The van der Waals surface area contributed by atoms with Gasteiger partial charge >= 0.3 is 5.97 Å². The summed E-state index contributed by atoms with van der Waals surface area (Å²) < 4.78 is 5.25. The zero-order valence-corrected chi connectivity index (χ0v) is 24.0. The summed E-state index contributed by atoms with van der Waals surface area (Å²) in [5.41, 5.74) is 4.14. The maximum atomic E-state index is 13.4. The molecule has 0 spiro atoms. The highest BCUT2D eigenvalue weighted by molar-refractivity contribution is 5.90. The van der Waals surface area contributed by atoms with Crippen LogP contribution in [-0.2, 0) is 20.7 Å². The van der Waals surface area contributed by atoms with Gasteiger partial charge in [-0.15, -0.1) is 0 Å². The molecule has 216 valence electrons. The Morgan fingerprint density at radius 3 is 2.43 bits per heavy atom. The van der Waals surface area contributed by atoms with Crippen LogP contribution < -0.4 is 10.2 Å². The lowest BCUT2D eigenvalue weighted by molar-refractivity contribution is -0.148. The number of benzene rings is 3. The molecule has 0 radical (unpaired) electrons. The molecule has 42 heavy (non-hydrogen) atoms. The van der Waals surface area contributed by atoms with Gasteiger partial charge in [0.2, 0.25) is 11.9 Å². The van der Waals surface area contributed by atoms with Crippen LogP contribution in [-0.4, -0.2) is 65.6 Å². The van der Waals surface area contributed by atoms with E-state index in [1.165, 1.54) is 0 Å². The quantitative estimate of drug-likeness (QED) is 0.290. The van der Waals surface area contributed by atoms with Crippen LogP contribution in [0.2, 0.25) is 0 Å². The van der Waals surface area contributed by atoms with Gasteiger partial charge in [0.05, 0.1) is 24.5 Å². The van der Waals surface area contributed by atoms with Gasteiger partial charge in [-0.2, -0.15) is 4.98 Å². The Morgan fingerprint density at radius 1 is 0.881 bits per heavy atom. The van der Waals surface area contributed by atoms with Gasteiger partial charge in [0.1, 0.15) is 5.82 Å². The Kier molecular flexibility index (Phi) is 8.30. The third-order valence-electron chi connectivity index (χ3n) is 8.32. The van der Waals surface area contributed by atoms with Crippen molar-refractivity contribution in [2.24, 2.45) is 5.92 Å². The highest BCUT2D eigenvalue weighted by atomic mass is 16.5. The lowest BCUT2D eigenvalue weighted by Crippen LogP contribution is -2.37. The van der Waals surface area contributed by atoms with Gasteiger partial charge in [0.25, 0.3) is 0 Å². The normalized spacial score (nSPS) is 17.4. The van der Waals surface area contributed by atoms with Crippen LogP contribution in [0.15, 0.2) is 78.9 Å². The average Bonchev–Trinajstić information content (AvgIpc) is 3.50. The Hall–Kier alpha value is -4.46. The fraction of sp³-hybridized carbons (Fsp3) is 0.353. The van der Waals surface area contributed by atoms with Crippen LogP contribution in [0.4, 0.5) is 11.8 Å². The van der Waals surface area contributed by atoms with Crippen molar-refractivity contribution in [3.63, 3.8) is 0 Å². The number of piperidine rings is 1. The number of nitrogens with one attached hydrogen (secondary N) is 1. The topological polar surface area (TPSA) is 87.7 Å². The molecular weight excluding hydrogens is 526 g/mol. The first-order valence-corrected chi connectivity index (χ1v) is 14.9. The van der Waals surface area contributed by atoms with E-state index in [0.29, 0.717) is 32.1 Å². The molecule has 0 saturated carbocycles. The van der Waals surface area contributed by atoms with Crippen molar-refractivity contribution in [2.75, 3.05) is 43.0 Å². The number of aromatic nitrogens is 2. The number of esters is 1. The number of carbonyl (C=O) groups is 2. The van der Waals surface area contributed by atoms with Gasteiger partial charge in [-0.1, -0.05) is 66.7 Å². The van der Waals surface area contributed by atoms with Crippen molar-refractivity contribution < 1.29 is 14.3 Å². The van der Waals surface area contributed by atoms with Gasteiger partial charge in [-0.25, -0.2) is 4.98 Å². The van der Waals surface area contributed by atoms with Crippen LogP contribution in [0.3, 0.4) is 0 Å². The number of para-hydroxylation sites is 1. The summed E-state index contributed by atoms with van der Waals surface area (Å²) in [6, 6.07) is 26.5. The van der Waals surface area contributed by atoms with Crippen molar-refractivity contribution in [2.45, 2.75) is 38.6 Å². The molecule has 2 saturated heterocycles. The van der Waals surface area contributed by atoms with Crippen LogP contribution >= 0.6 is 0 Å². The standard InChI is InChI=1S/C34H37N5O3/c1-2-42-33(41)25-16-19-38(20-17-25)32-29-14-8-9-15-30(29)36-34(37-32)35-27-18-21-39(23-27)31(40)22-26-12-6-7-13-28(26)24-10-4-3-5-11-24/h3-15,25,27H,2,16-23H2,1H3,(H,35,36,37)/t27-/m0/s1. The molecule has 1 atom stereocenters. The lowest BCUT2D eigenvalue weighted by atomic mass is 9.97. The van der Waals surface area contributed by atoms with Crippen molar-refractivity contribution in [1.29, 1.82) is 0 Å². The minimum atomic E-state index is -0.101. The SMILES string of the molecule is CCOC(=O)C1CCN(c2nc(N[C@H]3CCN(C(=O)Cc4ccccc4-c4ccccc4)C3)nc3ccccc23)CC1. The third kappa shape index (κ3) is 6.08. The van der Waals surface area contributed by atoms with E-state index in [-0.39, 0.29) is 23.8 Å². The first-order chi connectivity index (χ1) is 20.6. The number of hydrogen-bond acceptors (Lipinski definition) is 7. The Labute approximate surface area is 246 Å². The summed E-state index contributed by atoms with van der Waals surface area (Å²) in [5.74, 6) is 1.43. The molecule has 3 heterocycles. The summed E-state index contributed by atoms with van der Waals surface area (Å²) in [5, 5.41) is 4.52. The maximum absolute atomic E-state index is 13.4. The number of carbonyl (C=O) groups excluding carboxylic acids is 2. The molecule has 4 aromatic rings. The zero-order valence-electron chi connectivity index (χ0n) is 24.0. The number of hydrogen-bond donors (Lipinski definition) is 1. The molecule has 2 aliphatic rings. The number of fused-ring (bicyclic) bond motifs is 1. The molecule has 8 heteroatoms. The summed E-state index contributed by atoms with van der Waals surface area (Å²) in [4.78, 5) is 39.6. The van der Waals surface area contributed by atoms with Gasteiger partial charge in [0, 0.05) is 37.6 Å². The second-order valence-corrected chi connectivity index (χ2v) is 11.1. The minimum absolute atomic E-state index is 0.0615. The van der Waals surface area contributed by atoms with Crippen LogP contribution in [0, 0.1) is 5.92 Å². The average molecular weight is 564 g/mol. The first kappa shape index (κ1) is 27.7. The molecule has 3 aromatic carbocycles. The van der Waals surface area contributed by atoms with Crippen LogP contribution in [0.5, 0.6) is 0 Å². The molecule has 0 unspecified atom stereocenters. The summed E-state index contributed by atoms with van der Waals surface area (Å²) >= 11 is 0. The smallest absolute Gasteiger partial charge is 0.309 e. The second-order valence-electron chi connectivity index (χ2n) is 11.1. The molecule has 1 N–H and O–H groups in total. The van der Waals surface area contributed by atoms with E-state index in [4.69, 9.17) is 14.7 Å². The van der Waals surface area contributed by atoms with E-state index in [1.807, 2.05) is 66.4 Å². The van der Waals surface area contributed by atoms with Gasteiger partial charge in [0.15, 0.2) is 0 Å². The van der Waals surface area contributed by atoms with Crippen molar-refractivity contribution >= 4 is 34.5 Å². The van der Waals surface area contributed by atoms with E-state index in [0.717, 1.165) is 65.8 Å². The highest BCUT2D eigenvalue weighted by Crippen LogP contribution is 2.30. The zero-order chi connectivity index (χ0) is 28.9. The molecule has 0 bridgehead atoms. The number of nitrogens with zero attached hydrogens (tertiary/aromatic N) is 4. The number of amides is 1. The largest absolute Gasteiger partial charge is 0.466 e. The predicted octanol–water partition coefficient (Wildman–Crippen LogP) is 5.33. The van der Waals surface area contributed by atoms with E-state index < -0.39 is 0 Å². The molecule has 1 aromatic heterocycles. The molecule has 6 rings (SSSR count). The number of ether oxygens (including phenoxy) is 1. The fourth-order valence-electron chi connectivity index (χ4n) is 6.09. The van der Waals surface area contributed by atoms with E-state index in [2.05, 4.69) is 34.5 Å². The Bertz CT molecular complexity index is 1550. The number of likely N-dealkylation sites (tertiary alicyclic amines) is 1.